The zero-order valence-corrected chi connectivity index (χ0v) is 20.0. The number of halogens is 3. The van der Waals surface area contributed by atoms with Crippen LogP contribution in [-0.2, 0) is 4.84 Å². The summed E-state index contributed by atoms with van der Waals surface area (Å²) in [5.74, 6) is 1.66. The first-order valence-electron chi connectivity index (χ1n) is 10.0. The Labute approximate surface area is 190 Å². The number of benzene rings is 1. The number of hydrogen-bond acceptors (Lipinski definition) is 4. The molecule has 0 aromatic heterocycles. The van der Waals surface area contributed by atoms with Crippen molar-refractivity contribution in [1.29, 1.82) is 0 Å². The molecule has 0 N–H and O–H groups in total. The first kappa shape index (κ1) is 25.9. The third-order valence-electron chi connectivity index (χ3n) is 4.03. The number of ether oxygens (including phenoxy) is 2. The minimum atomic E-state index is 0.178. The Morgan fingerprint density at radius 1 is 1.00 bits per heavy atom. The van der Waals surface area contributed by atoms with Crippen molar-refractivity contribution in [3.63, 3.8) is 0 Å². The van der Waals surface area contributed by atoms with Gasteiger partial charge in [-0.2, -0.15) is 0 Å². The summed E-state index contributed by atoms with van der Waals surface area (Å²) in [6.07, 6.45) is 6.97. The number of nitrogens with zero attached hydrogens (tertiary/aromatic N) is 1. The van der Waals surface area contributed by atoms with Gasteiger partial charge in [0.2, 0.25) is 0 Å². The van der Waals surface area contributed by atoms with Gasteiger partial charge in [0.05, 0.1) is 17.3 Å². The minimum absolute atomic E-state index is 0.178. The fourth-order valence-corrected chi connectivity index (χ4v) is 3.00. The Morgan fingerprint density at radius 3 is 2.28 bits per heavy atom. The van der Waals surface area contributed by atoms with Crippen molar-refractivity contribution in [3.8, 4) is 11.5 Å². The van der Waals surface area contributed by atoms with E-state index in [4.69, 9.17) is 49.1 Å². The fraction of sp³-hybridized carbons (Fsp3) is 0.591. The number of oxime groups is 1. The monoisotopic (exact) mass is 463 g/mol. The van der Waals surface area contributed by atoms with E-state index in [2.05, 4.69) is 19.0 Å². The smallest absolute Gasteiger partial charge is 0.141 e. The normalized spacial score (nSPS) is 10.6. The van der Waals surface area contributed by atoms with Crippen LogP contribution in [0.4, 0.5) is 0 Å². The summed E-state index contributed by atoms with van der Waals surface area (Å²) in [7, 11) is 0. The second-order valence-corrected chi connectivity index (χ2v) is 8.69. The van der Waals surface area contributed by atoms with Crippen molar-refractivity contribution >= 4 is 40.5 Å². The van der Waals surface area contributed by atoms with Gasteiger partial charge in [-0.3, -0.25) is 0 Å². The van der Waals surface area contributed by atoms with Gasteiger partial charge in [0, 0.05) is 11.6 Å². The first-order valence-corrected chi connectivity index (χ1v) is 11.2. The molecule has 0 aliphatic carbocycles. The molecule has 0 atom stereocenters. The molecule has 0 saturated heterocycles. The van der Waals surface area contributed by atoms with E-state index in [1.807, 2.05) is 19.9 Å². The summed E-state index contributed by atoms with van der Waals surface area (Å²) in [5, 5.41) is 4.48. The molecule has 0 fully saturated rings. The second kappa shape index (κ2) is 14.8. The maximum Gasteiger partial charge on any atom is 0.141 e. The Morgan fingerprint density at radius 2 is 1.66 bits per heavy atom. The quantitative estimate of drug-likeness (QED) is 0.159. The average molecular weight is 465 g/mol. The van der Waals surface area contributed by atoms with Crippen LogP contribution in [0.25, 0.3) is 0 Å². The summed E-state index contributed by atoms with van der Waals surface area (Å²) >= 11 is 17.7. The molecule has 0 aliphatic heterocycles. The SMILES string of the molecule is CC(C)=NOCCCCCCCOc1c(Cl)cc(OCC=C(Cl)Cl)cc1C(C)C. The third kappa shape index (κ3) is 11.6. The fourth-order valence-electron chi connectivity index (χ4n) is 2.60. The standard InChI is InChI=1S/C22H32Cl3NO3/c1-16(2)19-14-18(27-13-10-21(24)25)15-20(23)22(19)28-11-8-6-5-7-9-12-29-26-17(3)4/h10,14-16H,5-9,11-13H2,1-4H3. The van der Waals surface area contributed by atoms with E-state index in [9.17, 15) is 0 Å². The number of rotatable bonds is 14. The van der Waals surface area contributed by atoms with Crippen LogP contribution < -0.4 is 9.47 Å². The van der Waals surface area contributed by atoms with E-state index in [0.717, 1.165) is 49.1 Å². The van der Waals surface area contributed by atoms with E-state index in [1.54, 1.807) is 12.1 Å². The third-order valence-corrected chi connectivity index (χ3v) is 4.62. The predicted molar refractivity (Wildman–Crippen MR) is 124 cm³/mol. The topological polar surface area (TPSA) is 40.0 Å². The molecule has 0 spiro atoms. The van der Waals surface area contributed by atoms with Crippen LogP contribution in [0, 0.1) is 0 Å². The molecular weight excluding hydrogens is 433 g/mol. The van der Waals surface area contributed by atoms with Crippen molar-refractivity contribution in [1.82, 2.24) is 0 Å². The molecule has 0 radical (unpaired) electrons. The van der Waals surface area contributed by atoms with Crippen LogP contribution in [0.1, 0.15) is 71.3 Å². The zero-order valence-electron chi connectivity index (χ0n) is 17.8. The van der Waals surface area contributed by atoms with E-state index < -0.39 is 0 Å². The molecule has 1 aromatic carbocycles. The minimum Gasteiger partial charge on any atom is -0.492 e. The molecule has 29 heavy (non-hydrogen) atoms. The molecule has 0 amide bonds. The lowest BCUT2D eigenvalue weighted by molar-refractivity contribution is 0.139. The Bertz CT molecular complexity index is 668. The highest BCUT2D eigenvalue weighted by molar-refractivity contribution is 6.55. The summed E-state index contributed by atoms with van der Waals surface area (Å²) < 4.78 is 11.8. The van der Waals surface area contributed by atoms with Crippen LogP contribution in [0.2, 0.25) is 5.02 Å². The highest BCUT2D eigenvalue weighted by Crippen LogP contribution is 2.37. The summed E-state index contributed by atoms with van der Waals surface area (Å²) in [4.78, 5) is 5.20. The van der Waals surface area contributed by atoms with Gasteiger partial charge in [-0.05, 0) is 51.2 Å². The number of unbranched alkanes of at least 4 members (excludes halogenated alkanes) is 4. The second-order valence-electron chi connectivity index (χ2n) is 7.27. The van der Waals surface area contributed by atoms with Gasteiger partial charge in [0.1, 0.15) is 29.2 Å². The Hall–Kier alpha value is -1.10. The van der Waals surface area contributed by atoms with Crippen molar-refractivity contribution in [3.05, 3.63) is 33.3 Å². The van der Waals surface area contributed by atoms with Gasteiger partial charge in [0.15, 0.2) is 0 Å². The van der Waals surface area contributed by atoms with Crippen LogP contribution in [-0.4, -0.2) is 25.5 Å². The highest BCUT2D eigenvalue weighted by Gasteiger charge is 2.15. The van der Waals surface area contributed by atoms with Crippen LogP contribution >= 0.6 is 34.8 Å². The van der Waals surface area contributed by atoms with Crippen LogP contribution in [0.5, 0.6) is 11.5 Å². The average Bonchev–Trinajstić information content (AvgIpc) is 2.63. The van der Waals surface area contributed by atoms with Crippen molar-refractivity contribution in [2.45, 2.75) is 65.7 Å². The molecular formula is C22H32Cl3NO3. The van der Waals surface area contributed by atoms with E-state index in [1.165, 1.54) is 0 Å². The maximum atomic E-state index is 6.46. The maximum absolute atomic E-state index is 6.46. The molecule has 1 rings (SSSR count). The predicted octanol–water partition coefficient (Wildman–Crippen LogP) is 7.90. The molecule has 164 valence electrons. The molecule has 1 aromatic rings. The van der Waals surface area contributed by atoms with Crippen LogP contribution in [0.15, 0.2) is 27.9 Å². The van der Waals surface area contributed by atoms with E-state index >= 15 is 0 Å². The Kier molecular flexibility index (Phi) is 13.2. The van der Waals surface area contributed by atoms with Crippen molar-refractivity contribution in [2.75, 3.05) is 19.8 Å². The summed E-state index contributed by atoms with van der Waals surface area (Å²) in [6.45, 7) is 9.65. The molecule has 0 saturated carbocycles. The zero-order chi connectivity index (χ0) is 21.6. The van der Waals surface area contributed by atoms with Gasteiger partial charge in [-0.25, -0.2) is 0 Å². The van der Waals surface area contributed by atoms with Crippen LogP contribution in [0.3, 0.4) is 0 Å². The molecule has 7 heteroatoms. The van der Waals surface area contributed by atoms with Crippen molar-refractivity contribution < 1.29 is 14.3 Å². The summed E-state index contributed by atoms with van der Waals surface area (Å²) in [6, 6.07) is 3.72. The highest BCUT2D eigenvalue weighted by atomic mass is 35.5. The lowest BCUT2D eigenvalue weighted by atomic mass is 10.0. The first-order chi connectivity index (χ1) is 13.8. The molecule has 0 unspecified atom stereocenters. The molecule has 0 bridgehead atoms. The largest absolute Gasteiger partial charge is 0.492 e. The van der Waals surface area contributed by atoms with Gasteiger partial charge in [0.25, 0.3) is 0 Å². The van der Waals surface area contributed by atoms with Gasteiger partial charge >= 0.3 is 0 Å². The number of hydrogen-bond donors (Lipinski definition) is 0. The van der Waals surface area contributed by atoms with E-state index in [0.29, 0.717) is 24.0 Å². The molecule has 4 nitrogen and oxygen atoms in total. The lowest BCUT2D eigenvalue weighted by Gasteiger charge is -2.17. The molecule has 0 aliphatic rings. The summed E-state index contributed by atoms with van der Waals surface area (Å²) in [5.41, 5.74) is 1.97. The van der Waals surface area contributed by atoms with Gasteiger partial charge in [-0.1, -0.05) is 66.6 Å². The van der Waals surface area contributed by atoms with Crippen molar-refractivity contribution in [2.24, 2.45) is 5.16 Å². The van der Waals surface area contributed by atoms with Gasteiger partial charge in [-0.15, -0.1) is 0 Å². The lowest BCUT2D eigenvalue weighted by Crippen LogP contribution is -2.04. The Balaban J connectivity index is 2.42. The molecule has 0 heterocycles. The van der Waals surface area contributed by atoms with Gasteiger partial charge < -0.3 is 14.3 Å². The van der Waals surface area contributed by atoms with E-state index in [-0.39, 0.29) is 17.0 Å².